The molecule has 7 nitrogen and oxygen atoms in total. The zero-order valence-electron chi connectivity index (χ0n) is 21.7. The lowest BCUT2D eigenvalue weighted by Crippen LogP contribution is -2.30. The number of hydrogen-bond acceptors (Lipinski definition) is 4. The van der Waals surface area contributed by atoms with Gasteiger partial charge in [-0.1, -0.05) is 54.1 Å². The van der Waals surface area contributed by atoms with E-state index < -0.39 is 11.8 Å². The van der Waals surface area contributed by atoms with Crippen molar-refractivity contribution in [1.29, 1.82) is 0 Å². The van der Waals surface area contributed by atoms with Crippen LogP contribution in [0.3, 0.4) is 0 Å². The van der Waals surface area contributed by atoms with Crippen LogP contribution in [-0.4, -0.2) is 28.5 Å². The Morgan fingerprint density at radius 3 is 2.37 bits per heavy atom. The van der Waals surface area contributed by atoms with Gasteiger partial charge in [0, 0.05) is 49.5 Å². The molecule has 0 radical (unpaired) electrons. The minimum atomic E-state index is -0.484. The van der Waals surface area contributed by atoms with Gasteiger partial charge in [-0.2, -0.15) is 0 Å². The molecule has 5 aromatic rings. The molecule has 0 bridgehead atoms. The molecule has 1 heterocycles. The number of nitrogens with one attached hydrogen (secondary N) is 4. The number of carbonyl (C=O) groups is 3. The number of H-pyrrole nitrogens is 1. The number of amides is 3. The van der Waals surface area contributed by atoms with Crippen LogP contribution < -0.4 is 16.0 Å². The molecule has 1 aromatic heterocycles. The molecule has 0 aliphatic carbocycles. The van der Waals surface area contributed by atoms with Crippen molar-refractivity contribution < 1.29 is 14.4 Å². The van der Waals surface area contributed by atoms with Crippen LogP contribution in [0.2, 0.25) is 5.02 Å². The number of hydrogen-bond donors (Lipinski definition) is 4. The Balaban J connectivity index is 1.30. The lowest BCUT2D eigenvalue weighted by Gasteiger charge is -2.12. The van der Waals surface area contributed by atoms with Crippen LogP contribution in [0.15, 0.2) is 120 Å². The number of aromatic nitrogens is 1. The van der Waals surface area contributed by atoms with E-state index in [1.165, 1.54) is 11.8 Å². The van der Waals surface area contributed by atoms with Gasteiger partial charge in [0.05, 0.1) is 5.75 Å². The fourth-order valence-electron chi connectivity index (χ4n) is 4.05. The van der Waals surface area contributed by atoms with Gasteiger partial charge >= 0.3 is 0 Å². The van der Waals surface area contributed by atoms with Gasteiger partial charge in [0.2, 0.25) is 5.91 Å². The molecule has 9 heteroatoms. The second-order valence-electron chi connectivity index (χ2n) is 8.99. The highest BCUT2D eigenvalue weighted by atomic mass is 35.5. The number of para-hydroxylation sites is 1. The van der Waals surface area contributed by atoms with E-state index >= 15 is 0 Å². The predicted octanol–water partition coefficient (Wildman–Crippen LogP) is 6.96. The summed E-state index contributed by atoms with van der Waals surface area (Å²) >= 11 is 7.23. The molecule has 41 heavy (non-hydrogen) atoms. The number of fused-ring (bicyclic) bond motifs is 1. The predicted molar refractivity (Wildman–Crippen MR) is 166 cm³/mol. The molecule has 4 N–H and O–H groups in total. The summed E-state index contributed by atoms with van der Waals surface area (Å²) in [4.78, 5) is 42.8. The maximum Gasteiger partial charge on any atom is 0.272 e. The SMILES string of the molecule is O=C(CSc1cccc(NC(=O)/C(=C/c2c[nH]c3ccccc23)NC(=O)c2ccccc2)c1)Nc1ccc(Cl)cc1. The van der Waals surface area contributed by atoms with Crippen LogP contribution in [0.5, 0.6) is 0 Å². The number of benzene rings is 4. The van der Waals surface area contributed by atoms with Crippen molar-refractivity contribution in [3.63, 3.8) is 0 Å². The Hall–Kier alpha value is -4.79. The smallest absolute Gasteiger partial charge is 0.272 e. The zero-order chi connectivity index (χ0) is 28.6. The summed E-state index contributed by atoms with van der Waals surface area (Å²) in [6.07, 6.45) is 3.44. The monoisotopic (exact) mass is 580 g/mol. The summed E-state index contributed by atoms with van der Waals surface area (Å²) in [5, 5.41) is 9.98. The summed E-state index contributed by atoms with van der Waals surface area (Å²) in [5.74, 6) is -0.872. The molecule has 0 fully saturated rings. The maximum absolute atomic E-state index is 13.5. The maximum atomic E-state index is 13.5. The fourth-order valence-corrected chi connectivity index (χ4v) is 4.93. The zero-order valence-corrected chi connectivity index (χ0v) is 23.3. The van der Waals surface area contributed by atoms with E-state index in [-0.39, 0.29) is 17.4 Å². The van der Waals surface area contributed by atoms with Crippen molar-refractivity contribution in [1.82, 2.24) is 10.3 Å². The normalized spacial score (nSPS) is 11.2. The molecule has 0 spiro atoms. The Morgan fingerprint density at radius 2 is 1.56 bits per heavy atom. The van der Waals surface area contributed by atoms with E-state index in [2.05, 4.69) is 20.9 Å². The van der Waals surface area contributed by atoms with Gasteiger partial charge in [0.15, 0.2) is 0 Å². The largest absolute Gasteiger partial charge is 0.361 e. The second kappa shape index (κ2) is 13.0. The number of halogens is 1. The van der Waals surface area contributed by atoms with E-state index in [1.54, 1.807) is 79.0 Å². The molecule has 5 rings (SSSR count). The summed E-state index contributed by atoms with van der Waals surface area (Å²) in [7, 11) is 0. The van der Waals surface area contributed by atoms with Gasteiger partial charge in [-0.15, -0.1) is 11.8 Å². The van der Waals surface area contributed by atoms with Gasteiger partial charge < -0.3 is 20.9 Å². The van der Waals surface area contributed by atoms with Crippen molar-refractivity contribution in [2.24, 2.45) is 0 Å². The molecular formula is C32H25ClN4O3S. The van der Waals surface area contributed by atoms with Crippen LogP contribution >= 0.6 is 23.4 Å². The first kappa shape index (κ1) is 27.8. The first-order chi connectivity index (χ1) is 19.9. The summed E-state index contributed by atoms with van der Waals surface area (Å²) in [6, 6.07) is 30.5. The minimum Gasteiger partial charge on any atom is -0.361 e. The molecule has 0 saturated carbocycles. The van der Waals surface area contributed by atoms with Crippen LogP contribution in [0, 0.1) is 0 Å². The highest BCUT2D eigenvalue weighted by Gasteiger charge is 2.16. The van der Waals surface area contributed by atoms with Crippen molar-refractivity contribution in [2.45, 2.75) is 4.90 Å². The third kappa shape index (κ3) is 7.45. The highest BCUT2D eigenvalue weighted by Crippen LogP contribution is 2.24. The Kier molecular flexibility index (Phi) is 8.83. The van der Waals surface area contributed by atoms with E-state index in [0.29, 0.717) is 22.0 Å². The van der Waals surface area contributed by atoms with E-state index in [1.807, 2.05) is 36.4 Å². The third-order valence-corrected chi connectivity index (χ3v) is 7.29. The molecule has 0 aliphatic heterocycles. The van der Waals surface area contributed by atoms with Gasteiger partial charge in [0.1, 0.15) is 5.70 Å². The molecule has 0 unspecified atom stereocenters. The first-order valence-electron chi connectivity index (χ1n) is 12.7. The molecular weight excluding hydrogens is 556 g/mol. The van der Waals surface area contributed by atoms with Crippen molar-refractivity contribution in [3.8, 4) is 0 Å². The summed E-state index contributed by atoms with van der Waals surface area (Å²) in [6.45, 7) is 0. The highest BCUT2D eigenvalue weighted by molar-refractivity contribution is 8.00. The van der Waals surface area contributed by atoms with Crippen molar-refractivity contribution >= 4 is 69.4 Å². The average molecular weight is 581 g/mol. The topological polar surface area (TPSA) is 103 Å². The number of rotatable bonds is 9. The van der Waals surface area contributed by atoms with E-state index in [0.717, 1.165) is 21.4 Å². The van der Waals surface area contributed by atoms with Gasteiger partial charge in [-0.05, 0) is 66.7 Å². The number of carbonyl (C=O) groups excluding carboxylic acids is 3. The standard InChI is InChI=1S/C32H25ClN4O3S/c33-23-13-15-24(16-14-23)35-30(38)20-41-26-10-6-9-25(18-26)36-32(40)29(37-31(39)21-7-2-1-3-8-21)17-22-19-34-28-12-5-4-11-27(22)28/h1-19,34H,20H2,(H,35,38)(H,36,40)(H,37,39)/b29-17-. The van der Waals surface area contributed by atoms with Crippen LogP contribution in [0.1, 0.15) is 15.9 Å². The summed E-state index contributed by atoms with van der Waals surface area (Å²) < 4.78 is 0. The molecule has 0 saturated heterocycles. The first-order valence-corrected chi connectivity index (χ1v) is 14.0. The van der Waals surface area contributed by atoms with E-state index in [9.17, 15) is 14.4 Å². The van der Waals surface area contributed by atoms with E-state index in [4.69, 9.17) is 11.6 Å². The van der Waals surface area contributed by atoms with Gasteiger partial charge in [-0.25, -0.2) is 0 Å². The minimum absolute atomic E-state index is 0.0870. The lowest BCUT2D eigenvalue weighted by molar-refractivity contribution is -0.114. The number of thioether (sulfide) groups is 1. The van der Waals surface area contributed by atoms with Crippen LogP contribution in [-0.2, 0) is 9.59 Å². The molecule has 0 atom stereocenters. The Labute approximate surface area is 246 Å². The van der Waals surface area contributed by atoms with Crippen molar-refractivity contribution in [3.05, 3.63) is 131 Å². The van der Waals surface area contributed by atoms with Crippen LogP contribution in [0.4, 0.5) is 11.4 Å². The second-order valence-corrected chi connectivity index (χ2v) is 10.5. The summed E-state index contributed by atoms with van der Waals surface area (Å²) in [5.41, 5.74) is 3.38. The Bertz CT molecular complexity index is 1730. The molecule has 4 aromatic carbocycles. The van der Waals surface area contributed by atoms with Crippen LogP contribution in [0.25, 0.3) is 17.0 Å². The molecule has 3 amide bonds. The lowest BCUT2D eigenvalue weighted by atomic mass is 10.1. The quantitative estimate of drug-likeness (QED) is 0.112. The number of aromatic amines is 1. The Morgan fingerprint density at radius 1 is 0.805 bits per heavy atom. The average Bonchev–Trinajstić information content (AvgIpc) is 3.40. The fraction of sp³-hybridized carbons (Fsp3) is 0.0312. The van der Waals surface area contributed by atoms with Gasteiger partial charge in [0.25, 0.3) is 11.8 Å². The van der Waals surface area contributed by atoms with Gasteiger partial charge in [-0.3, -0.25) is 14.4 Å². The molecule has 204 valence electrons. The number of anilines is 2. The van der Waals surface area contributed by atoms with Crippen molar-refractivity contribution in [2.75, 3.05) is 16.4 Å². The molecule has 0 aliphatic rings. The third-order valence-electron chi connectivity index (χ3n) is 6.04.